The first-order chi connectivity index (χ1) is 9.92. The summed E-state index contributed by atoms with van der Waals surface area (Å²) >= 11 is 13.8. The Labute approximate surface area is 140 Å². The van der Waals surface area contributed by atoms with E-state index in [0.29, 0.717) is 16.0 Å². The molecule has 2 rings (SSSR count). The molecule has 21 heavy (non-hydrogen) atoms. The molecule has 3 nitrogen and oxygen atoms in total. The van der Waals surface area contributed by atoms with E-state index in [1.54, 1.807) is 17.8 Å². The van der Waals surface area contributed by atoms with Crippen molar-refractivity contribution in [2.45, 2.75) is 36.2 Å². The normalized spacial score (nSPS) is 11.4. The number of hydrogen-bond donors (Lipinski definition) is 1. The standard InChI is InChI=1S/C15H19Cl2N3S/c1-9(2)14-15(20(4)13(19-14)8-18-3)21-12-6-10(16)5-11(17)7-12/h5-7,9,18H,8H2,1-4H3. The van der Waals surface area contributed by atoms with E-state index < -0.39 is 0 Å². The number of benzene rings is 1. The van der Waals surface area contributed by atoms with Gasteiger partial charge in [-0.1, -0.05) is 48.8 Å². The fourth-order valence-corrected chi connectivity index (χ4v) is 3.94. The summed E-state index contributed by atoms with van der Waals surface area (Å²) in [7, 11) is 3.97. The lowest BCUT2D eigenvalue weighted by molar-refractivity contribution is 0.682. The zero-order valence-electron chi connectivity index (χ0n) is 12.6. The second-order valence-corrected chi connectivity index (χ2v) is 7.10. The molecule has 0 radical (unpaired) electrons. The molecule has 0 amide bonds. The molecule has 1 heterocycles. The van der Waals surface area contributed by atoms with Crippen molar-refractivity contribution < 1.29 is 0 Å². The number of halogens is 2. The first-order valence-corrected chi connectivity index (χ1v) is 8.33. The van der Waals surface area contributed by atoms with E-state index in [1.807, 2.05) is 26.2 Å². The lowest BCUT2D eigenvalue weighted by Crippen LogP contribution is -2.10. The molecule has 0 aliphatic rings. The molecule has 0 aliphatic carbocycles. The van der Waals surface area contributed by atoms with E-state index in [-0.39, 0.29) is 0 Å². The van der Waals surface area contributed by atoms with Gasteiger partial charge in [0.15, 0.2) is 0 Å². The maximum atomic E-state index is 6.08. The molecular formula is C15H19Cl2N3S. The summed E-state index contributed by atoms with van der Waals surface area (Å²) in [6, 6.07) is 5.59. The SMILES string of the molecule is CNCc1nc(C(C)C)c(Sc2cc(Cl)cc(Cl)c2)n1C. The van der Waals surface area contributed by atoms with E-state index >= 15 is 0 Å². The van der Waals surface area contributed by atoms with Gasteiger partial charge >= 0.3 is 0 Å². The average Bonchev–Trinajstić information content (AvgIpc) is 2.67. The number of imidazole rings is 1. The Morgan fingerprint density at radius 1 is 1.24 bits per heavy atom. The number of nitrogens with one attached hydrogen (secondary N) is 1. The lowest BCUT2D eigenvalue weighted by atomic mass is 10.2. The first-order valence-electron chi connectivity index (χ1n) is 6.76. The van der Waals surface area contributed by atoms with Crippen molar-refractivity contribution in [2.75, 3.05) is 7.05 Å². The second kappa shape index (κ2) is 7.05. The van der Waals surface area contributed by atoms with Crippen LogP contribution in [0.25, 0.3) is 0 Å². The van der Waals surface area contributed by atoms with Gasteiger partial charge in [-0.2, -0.15) is 0 Å². The van der Waals surface area contributed by atoms with Crippen LogP contribution in [0, 0.1) is 0 Å². The Hall–Kier alpha value is -0.680. The Morgan fingerprint density at radius 3 is 2.38 bits per heavy atom. The molecule has 0 spiro atoms. The van der Waals surface area contributed by atoms with Gasteiger partial charge < -0.3 is 9.88 Å². The minimum Gasteiger partial charge on any atom is -0.325 e. The van der Waals surface area contributed by atoms with Crippen LogP contribution in [-0.2, 0) is 13.6 Å². The van der Waals surface area contributed by atoms with Crippen LogP contribution in [0.15, 0.2) is 28.1 Å². The smallest absolute Gasteiger partial charge is 0.123 e. The Bertz CT molecular complexity index is 618. The topological polar surface area (TPSA) is 29.9 Å². The molecule has 0 fully saturated rings. The third kappa shape index (κ3) is 3.95. The number of aromatic nitrogens is 2. The second-order valence-electron chi connectivity index (χ2n) is 5.17. The summed E-state index contributed by atoms with van der Waals surface area (Å²) in [5.41, 5.74) is 1.10. The fraction of sp³-hybridized carbons (Fsp3) is 0.400. The van der Waals surface area contributed by atoms with Gasteiger partial charge in [-0.3, -0.25) is 0 Å². The molecule has 1 N–H and O–H groups in total. The molecule has 0 bridgehead atoms. The van der Waals surface area contributed by atoms with Crippen LogP contribution < -0.4 is 5.32 Å². The maximum absolute atomic E-state index is 6.08. The van der Waals surface area contributed by atoms with Crippen LogP contribution in [0.2, 0.25) is 10.0 Å². The molecule has 114 valence electrons. The van der Waals surface area contributed by atoms with Gasteiger partial charge in [0.1, 0.15) is 10.9 Å². The predicted octanol–water partition coefficient (Wildman–Crippen LogP) is 4.72. The highest BCUT2D eigenvalue weighted by Gasteiger charge is 2.18. The molecule has 0 atom stereocenters. The van der Waals surface area contributed by atoms with Gasteiger partial charge in [-0.25, -0.2) is 4.98 Å². The van der Waals surface area contributed by atoms with Gasteiger partial charge in [0.2, 0.25) is 0 Å². The number of hydrogen-bond acceptors (Lipinski definition) is 3. The van der Waals surface area contributed by atoms with Crippen molar-refractivity contribution in [1.29, 1.82) is 0 Å². The average molecular weight is 344 g/mol. The zero-order valence-corrected chi connectivity index (χ0v) is 14.9. The van der Waals surface area contributed by atoms with Crippen molar-refractivity contribution >= 4 is 35.0 Å². The molecule has 0 saturated heterocycles. The highest BCUT2D eigenvalue weighted by Crippen LogP contribution is 2.36. The monoisotopic (exact) mass is 343 g/mol. The van der Waals surface area contributed by atoms with Gasteiger partial charge in [-0.15, -0.1) is 0 Å². The molecule has 0 aliphatic heterocycles. The third-order valence-electron chi connectivity index (χ3n) is 3.09. The summed E-state index contributed by atoms with van der Waals surface area (Å²) in [5, 5.41) is 5.58. The molecule has 2 aromatic rings. The van der Waals surface area contributed by atoms with Crippen LogP contribution in [0.1, 0.15) is 31.3 Å². The van der Waals surface area contributed by atoms with E-state index in [0.717, 1.165) is 28.0 Å². The Morgan fingerprint density at radius 2 is 1.86 bits per heavy atom. The van der Waals surface area contributed by atoms with Crippen molar-refractivity contribution in [1.82, 2.24) is 14.9 Å². The third-order valence-corrected chi connectivity index (χ3v) is 4.68. The van der Waals surface area contributed by atoms with Crippen LogP contribution in [0.5, 0.6) is 0 Å². The highest BCUT2D eigenvalue weighted by molar-refractivity contribution is 7.99. The molecule has 0 saturated carbocycles. The van der Waals surface area contributed by atoms with Crippen LogP contribution in [0.3, 0.4) is 0 Å². The van der Waals surface area contributed by atoms with Crippen molar-refractivity contribution in [3.63, 3.8) is 0 Å². The summed E-state index contributed by atoms with van der Waals surface area (Å²) in [5.74, 6) is 1.38. The van der Waals surface area contributed by atoms with E-state index in [1.165, 1.54) is 0 Å². The molecule has 1 aromatic carbocycles. The number of rotatable bonds is 5. The van der Waals surface area contributed by atoms with Crippen molar-refractivity contribution in [2.24, 2.45) is 7.05 Å². The summed E-state index contributed by atoms with van der Waals surface area (Å²) in [6.45, 7) is 5.05. The van der Waals surface area contributed by atoms with E-state index in [4.69, 9.17) is 28.2 Å². The molecule has 0 unspecified atom stereocenters. The number of nitrogens with zero attached hydrogens (tertiary/aromatic N) is 2. The highest BCUT2D eigenvalue weighted by atomic mass is 35.5. The summed E-state index contributed by atoms with van der Waals surface area (Å²) < 4.78 is 2.13. The molecule has 1 aromatic heterocycles. The van der Waals surface area contributed by atoms with Crippen LogP contribution in [-0.4, -0.2) is 16.6 Å². The van der Waals surface area contributed by atoms with Gasteiger partial charge in [-0.05, 0) is 31.2 Å². The predicted molar refractivity (Wildman–Crippen MR) is 90.6 cm³/mol. The minimum absolute atomic E-state index is 0.360. The van der Waals surface area contributed by atoms with Gasteiger partial charge in [0, 0.05) is 22.0 Å². The maximum Gasteiger partial charge on any atom is 0.123 e. The summed E-state index contributed by atoms with van der Waals surface area (Å²) in [6.07, 6.45) is 0. The zero-order chi connectivity index (χ0) is 15.6. The summed E-state index contributed by atoms with van der Waals surface area (Å²) in [4.78, 5) is 5.78. The van der Waals surface area contributed by atoms with E-state index in [9.17, 15) is 0 Å². The fourth-order valence-electron chi connectivity index (χ4n) is 2.06. The van der Waals surface area contributed by atoms with Gasteiger partial charge in [0.25, 0.3) is 0 Å². The lowest BCUT2D eigenvalue weighted by Gasteiger charge is -2.09. The van der Waals surface area contributed by atoms with Crippen molar-refractivity contribution in [3.8, 4) is 0 Å². The molecular weight excluding hydrogens is 325 g/mol. The Kier molecular flexibility index (Phi) is 5.60. The van der Waals surface area contributed by atoms with E-state index in [2.05, 4.69) is 23.7 Å². The van der Waals surface area contributed by atoms with Gasteiger partial charge in [0.05, 0.1) is 12.2 Å². The minimum atomic E-state index is 0.360. The Balaban J connectivity index is 2.42. The quantitative estimate of drug-likeness (QED) is 0.851. The van der Waals surface area contributed by atoms with Crippen LogP contribution >= 0.6 is 35.0 Å². The van der Waals surface area contributed by atoms with Crippen molar-refractivity contribution in [3.05, 3.63) is 39.8 Å². The first kappa shape index (κ1) is 16.7. The van der Waals surface area contributed by atoms with Crippen LogP contribution in [0.4, 0.5) is 0 Å². The largest absolute Gasteiger partial charge is 0.325 e. The molecule has 6 heteroatoms.